The molecule has 5 rings (SSSR count). The van der Waals surface area contributed by atoms with Gasteiger partial charge in [0.15, 0.2) is 0 Å². The molecule has 0 saturated heterocycles. The van der Waals surface area contributed by atoms with E-state index in [1.54, 1.807) is 0 Å². The minimum atomic E-state index is -0.860. The third-order valence-electron chi connectivity index (χ3n) is 5.18. The predicted octanol–water partition coefficient (Wildman–Crippen LogP) is 3.69. The van der Waals surface area contributed by atoms with E-state index < -0.39 is 12.2 Å². The number of aliphatic hydroxyl groups excluding tert-OH is 2. The summed E-state index contributed by atoms with van der Waals surface area (Å²) in [5.41, 5.74) is 6.66. The van der Waals surface area contributed by atoms with Gasteiger partial charge in [-0.1, -0.05) is 48.5 Å². The molecule has 2 aliphatic carbocycles. The standard InChI is InChI=1S/C20H16O2/c21-19-15-7-3-5-11-8-9-13-10-12-4-1-2-6-14(12)18(20(19)22)17(13)16(11)15/h1-7,10,19-22H,8-9H2/t19-,20+/m0/s1. The number of aliphatic hydroxyl groups is 2. The molecule has 0 saturated carbocycles. The molecular formula is C20H16O2. The Balaban J connectivity index is 2.01. The molecule has 3 aromatic rings. The van der Waals surface area contributed by atoms with Crippen molar-refractivity contribution < 1.29 is 10.2 Å². The van der Waals surface area contributed by atoms with Gasteiger partial charge >= 0.3 is 0 Å². The molecular weight excluding hydrogens is 272 g/mol. The Bertz CT molecular complexity index is 926. The van der Waals surface area contributed by atoms with Crippen LogP contribution < -0.4 is 0 Å². The lowest BCUT2D eigenvalue weighted by Crippen LogP contribution is -2.22. The number of hydrogen-bond acceptors (Lipinski definition) is 2. The van der Waals surface area contributed by atoms with Crippen molar-refractivity contribution in [2.45, 2.75) is 25.0 Å². The Kier molecular flexibility index (Phi) is 2.36. The van der Waals surface area contributed by atoms with Gasteiger partial charge in [-0.2, -0.15) is 0 Å². The van der Waals surface area contributed by atoms with Gasteiger partial charge in [0.05, 0.1) is 0 Å². The summed E-state index contributed by atoms with van der Waals surface area (Å²) in [5.74, 6) is 0. The minimum absolute atomic E-state index is 0.848. The second-order valence-electron chi connectivity index (χ2n) is 6.32. The van der Waals surface area contributed by atoms with Crippen LogP contribution in [0.2, 0.25) is 0 Å². The fourth-order valence-corrected chi connectivity index (χ4v) is 4.21. The molecule has 2 atom stereocenters. The van der Waals surface area contributed by atoms with Crippen molar-refractivity contribution >= 4 is 10.8 Å². The third-order valence-corrected chi connectivity index (χ3v) is 5.18. The maximum atomic E-state index is 10.8. The van der Waals surface area contributed by atoms with Crippen molar-refractivity contribution in [2.24, 2.45) is 0 Å². The minimum Gasteiger partial charge on any atom is -0.385 e. The highest BCUT2D eigenvalue weighted by atomic mass is 16.3. The first-order valence-corrected chi connectivity index (χ1v) is 7.78. The molecule has 108 valence electrons. The highest BCUT2D eigenvalue weighted by Gasteiger charge is 2.36. The second-order valence-corrected chi connectivity index (χ2v) is 6.32. The van der Waals surface area contributed by atoms with Crippen molar-refractivity contribution in [1.82, 2.24) is 0 Å². The van der Waals surface area contributed by atoms with Gasteiger partial charge in [0.25, 0.3) is 0 Å². The highest BCUT2D eigenvalue weighted by Crippen LogP contribution is 2.51. The van der Waals surface area contributed by atoms with Crippen LogP contribution in [0.25, 0.3) is 21.9 Å². The van der Waals surface area contributed by atoms with Gasteiger partial charge < -0.3 is 10.2 Å². The fraction of sp³-hybridized carbons (Fsp3) is 0.200. The first kappa shape index (κ1) is 12.4. The van der Waals surface area contributed by atoms with Crippen LogP contribution in [0.15, 0.2) is 48.5 Å². The van der Waals surface area contributed by atoms with Crippen LogP contribution in [0.1, 0.15) is 34.5 Å². The van der Waals surface area contributed by atoms with Crippen LogP contribution in [0.5, 0.6) is 0 Å². The number of hydrogen-bond donors (Lipinski definition) is 2. The van der Waals surface area contributed by atoms with Crippen LogP contribution in [-0.4, -0.2) is 10.2 Å². The molecule has 0 amide bonds. The van der Waals surface area contributed by atoms with Crippen molar-refractivity contribution in [2.75, 3.05) is 0 Å². The Morgan fingerprint density at radius 1 is 0.773 bits per heavy atom. The van der Waals surface area contributed by atoms with Crippen LogP contribution in [0.3, 0.4) is 0 Å². The van der Waals surface area contributed by atoms with Crippen molar-refractivity contribution in [3.8, 4) is 11.1 Å². The summed E-state index contributed by atoms with van der Waals surface area (Å²) in [6.45, 7) is 0. The summed E-state index contributed by atoms with van der Waals surface area (Å²) >= 11 is 0. The number of benzene rings is 3. The van der Waals surface area contributed by atoms with Gasteiger partial charge in [0, 0.05) is 0 Å². The topological polar surface area (TPSA) is 40.5 Å². The summed E-state index contributed by atoms with van der Waals surface area (Å²) < 4.78 is 0. The molecule has 3 aromatic carbocycles. The molecule has 0 aliphatic heterocycles. The zero-order valence-corrected chi connectivity index (χ0v) is 12.1. The van der Waals surface area contributed by atoms with Crippen molar-refractivity contribution in [1.29, 1.82) is 0 Å². The quantitative estimate of drug-likeness (QED) is 0.662. The van der Waals surface area contributed by atoms with E-state index in [9.17, 15) is 10.2 Å². The third kappa shape index (κ3) is 1.41. The van der Waals surface area contributed by atoms with E-state index in [0.717, 1.165) is 45.9 Å². The lowest BCUT2D eigenvalue weighted by molar-refractivity contribution is 0.0165. The van der Waals surface area contributed by atoms with Gasteiger partial charge in [-0.3, -0.25) is 0 Å². The molecule has 2 aliphatic rings. The summed E-state index contributed by atoms with van der Waals surface area (Å²) in [6.07, 6.45) is 0.281. The second kappa shape index (κ2) is 4.19. The SMILES string of the molecule is O[C@@H]1c2c3c(cc4ccccc24)CCc2cccc(c2-3)[C@@H]1O. The molecule has 2 N–H and O–H groups in total. The molecule has 2 nitrogen and oxygen atoms in total. The van der Waals surface area contributed by atoms with Gasteiger partial charge in [-0.15, -0.1) is 0 Å². The smallest absolute Gasteiger partial charge is 0.110 e. The van der Waals surface area contributed by atoms with Gasteiger partial charge in [0.2, 0.25) is 0 Å². The summed E-state index contributed by atoms with van der Waals surface area (Å²) in [5, 5.41) is 23.6. The molecule has 0 heterocycles. The van der Waals surface area contributed by atoms with Gasteiger partial charge in [0.1, 0.15) is 12.2 Å². The summed E-state index contributed by atoms with van der Waals surface area (Å²) in [7, 11) is 0. The zero-order valence-electron chi connectivity index (χ0n) is 12.1. The maximum absolute atomic E-state index is 10.8. The van der Waals surface area contributed by atoms with Crippen molar-refractivity contribution in [3.05, 3.63) is 70.8 Å². The first-order valence-electron chi connectivity index (χ1n) is 7.78. The van der Waals surface area contributed by atoms with Crippen LogP contribution in [-0.2, 0) is 12.8 Å². The Morgan fingerprint density at radius 3 is 2.50 bits per heavy atom. The van der Waals surface area contributed by atoms with E-state index in [-0.39, 0.29) is 0 Å². The van der Waals surface area contributed by atoms with Crippen LogP contribution >= 0.6 is 0 Å². The fourth-order valence-electron chi connectivity index (χ4n) is 4.21. The largest absolute Gasteiger partial charge is 0.385 e. The van der Waals surface area contributed by atoms with E-state index in [1.807, 2.05) is 30.3 Å². The monoisotopic (exact) mass is 288 g/mol. The molecule has 22 heavy (non-hydrogen) atoms. The summed E-state index contributed by atoms with van der Waals surface area (Å²) in [4.78, 5) is 0. The van der Waals surface area contributed by atoms with Crippen LogP contribution in [0.4, 0.5) is 0 Å². The molecule has 0 aromatic heterocycles. The Morgan fingerprint density at radius 2 is 1.59 bits per heavy atom. The van der Waals surface area contributed by atoms with E-state index in [1.165, 1.54) is 11.1 Å². The van der Waals surface area contributed by atoms with Gasteiger partial charge in [-0.05, 0) is 57.0 Å². The molecule has 2 heteroatoms. The highest BCUT2D eigenvalue weighted by molar-refractivity contribution is 5.97. The van der Waals surface area contributed by atoms with E-state index in [4.69, 9.17) is 0 Å². The van der Waals surface area contributed by atoms with Crippen molar-refractivity contribution in [3.63, 3.8) is 0 Å². The van der Waals surface area contributed by atoms with Gasteiger partial charge in [-0.25, -0.2) is 0 Å². The average Bonchev–Trinajstić information content (AvgIpc) is 2.56. The average molecular weight is 288 g/mol. The Labute approximate surface area is 128 Å². The normalized spacial score (nSPS) is 21.7. The molecule has 0 fully saturated rings. The number of aryl methyl sites for hydroxylation is 2. The van der Waals surface area contributed by atoms with E-state index in [0.29, 0.717) is 0 Å². The lowest BCUT2D eigenvalue weighted by Gasteiger charge is -2.35. The van der Waals surface area contributed by atoms with E-state index in [2.05, 4.69) is 18.2 Å². The van der Waals surface area contributed by atoms with Crippen LogP contribution in [0, 0.1) is 0 Å². The maximum Gasteiger partial charge on any atom is 0.110 e. The molecule has 0 radical (unpaired) electrons. The molecule has 0 unspecified atom stereocenters. The Hall–Kier alpha value is -2.16. The first-order chi connectivity index (χ1) is 10.8. The van der Waals surface area contributed by atoms with E-state index >= 15 is 0 Å². The zero-order chi connectivity index (χ0) is 14.8. The number of rotatable bonds is 0. The predicted molar refractivity (Wildman–Crippen MR) is 86.7 cm³/mol. The molecule has 0 spiro atoms. The molecule has 0 bridgehead atoms. The number of fused-ring (bicyclic) bond motifs is 2. The lowest BCUT2D eigenvalue weighted by atomic mass is 9.72. The summed E-state index contributed by atoms with van der Waals surface area (Å²) in [6, 6.07) is 16.5.